The molecule has 2 heterocycles. The Morgan fingerprint density at radius 1 is 1.17 bits per heavy atom. The van der Waals surface area contributed by atoms with Crippen molar-refractivity contribution in [2.24, 2.45) is 0 Å². The molecule has 1 amide bonds. The summed E-state index contributed by atoms with van der Waals surface area (Å²) in [5.41, 5.74) is 1.64. The molecule has 0 aliphatic carbocycles. The van der Waals surface area contributed by atoms with E-state index in [0.717, 1.165) is 10.0 Å². The van der Waals surface area contributed by atoms with Gasteiger partial charge < -0.3 is 5.32 Å². The highest BCUT2D eigenvalue weighted by molar-refractivity contribution is 9.10. The molecule has 0 unspecified atom stereocenters. The molecule has 0 bridgehead atoms. The average Bonchev–Trinajstić information content (AvgIpc) is 3.17. The number of nitrogens with zero attached hydrogens (tertiary/aromatic N) is 4. The van der Waals surface area contributed by atoms with E-state index in [2.05, 4.69) is 31.4 Å². The maximum atomic E-state index is 12.0. The normalized spacial score (nSPS) is 10.8. The van der Waals surface area contributed by atoms with Gasteiger partial charge in [-0.2, -0.15) is 10.2 Å². The lowest BCUT2D eigenvalue weighted by Gasteiger charge is -2.04. The number of benzene rings is 1. The summed E-state index contributed by atoms with van der Waals surface area (Å²) in [7, 11) is 0. The van der Waals surface area contributed by atoms with E-state index in [4.69, 9.17) is 11.6 Å². The van der Waals surface area contributed by atoms with Gasteiger partial charge in [0.15, 0.2) is 0 Å². The third-order valence-electron chi connectivity index (χ3n) is 3.38. The smallest absolute Gasteiger partial charge is 0.226 e. The van der Waals surface area contributed by atoms with Crippen LogP contribution in [-0.2, 0) is 17.9 Å². The van der Waals surface area contributed by atoms with E-state index in [1.807, 2.05) is 30.5 Å². The van der Waals surface area contributed by atoms with Crippen molar-refractivity contribution >= 4 is 39.1 Å². The highest BCUT2D eigenvalue weighted by atomic mass is 79.9. The van der Waals surface area contributed by atoms with E-state index in [-0.39, 0.29) is 5.91 Å². The van der Waals surface area contributed by atoms with Gasteiger partial charge in [-0.3, -0.25) is 14.2 Å². The maximum absolute atomic E-state index is 12.0. The van der Waals surface area contributed by atoms with Crippen LogP contribution in [0.2, 0.25) is 5.02 Å². The van der Waals surface area contributed by atoms with Crippen molar-refractivity contribution in [2.45, 2.75) is 19.5 Å². The Morgan fingerprint density at radius 2 is 1.96 bits per heavy atom. The molecule has 3 rings (SSSR count). The van der Waals surface area contributed by atoms with Crippen molar-refractivity contribution in [3.05, 3.63) is 64.1 Å². The number of halogens is 2. The molecule has 0 spiro atoms. The molecule has 6 nitrogen and oxygen atoms in total. The minimum Gasteiger partial charge on any atom is -0.323 e. The SMILES string of the molecule is O=C(CCn1cc(Br)cn1)Nc1cnn(Cc2ccccc2Cl)c1. The summed E-state index contributed by atoms with van der Waals surface area (Å²) >= 11 is 9.47. The fourth-order valence-corrected chi connectivity index (χ4v) is 2.74. The van der Waals surface area contributed by atoms with Gasteiger partial charge in [0.1, 0.15) is 0 Å². The molecule has 2 aromatic heterocycles. The first kappa shape index (κ1) is 16.7. The Bertz CT molecular complexity index is 844. The van der Waals surface area contributed by atoms with Gasteiger partial charge in [-0.1, -0.05) is 29.8 Å². The van der Waals surface area contributed by atoms with Crippen molar-refractivity contribution in [2.75, 3.05) is 5.32 Å². The monoisotopic (exact) mass is 407 g/mol. The Balaban J connectivity index is 1.53. The Morgan fingerprint density at radius 3 is 2.71 bits per heavy atom. The van der Waals surface area contributed by atoms with Gasteiger partial charge in [-0.15, -0.1) is 0 Å². The van der Waals surface area contributed by atoms with Gasteiger partial charge >= 0.3 is 0 Å². The number of rotatable bonds is 6. The van der Waals surface area contributed by atoms with E-state index >= 15 is 0 Å². The zero-order valence-electron chi connectivity index (χ0n) is 12.7. The summed E-state index contributed by atoms with van der Waals surface area (Å²) in [5, 5.41) is 11.9. The number of hydrogen-bond donors (Lipinski definition) is 1. The van der Waals surface area contributed by atoms with Crippen LogP contribution >= 0.6 is 27.5 Å². The topological polar surface area (TPSA) is 64.7 Å². The number of hydrogen-bond acceptors (Lipinski definition) is 3. The van der Waals surface area contributed by atoms with E-state index in [1.165, 1.54) is 0 Å². The average molecular weight is 409 g/mol. The predicted octanol–water partition coefficient (Wildman–Crippen LogP) is 3.57. The lowest BCUT2D eigenvalue weighted by atomic mass is 10.2. The molecule has 0 saturated heterocycles. The van der Waals surface area contributed by atoms with Crippen molar-refractivity contribution in [3.8, 4) is 0 Å². The van der Waals surface area contributed by atoms with Crippen LogP contribution in [0, 0.1) is 0 Å². The fraction of sp³-hybridized carbons (Fsp3) is 0.188. The van der Waals surface area contributed by atoms with Gasteiger partial charge in [-0.05, 0) is 27.6 Å². The van der Waals surface area contributed by atoms with Crippen molar-refractivity contribution < 1.29 is 4.79 Å². The van der Waals surface area contributed by atoms with Gasteiger partial charge in [-0.25, -0.2) is 0 Å². The summed E-state index contributed by atoms with van der Waals surface area (Å²) in [6.07, 6.45) is 7.26. The quantitative estimate of drug-likeness (QED) is 0.678. The third kappa shape index (κ3) is 4.46. The fourth-order valence-electron chi connectivity index (χ4n) is 2.22. The molecule has 124 valence electrons. The Kier molecular flexibility index (Phi) is 5.32. The lowest BCUT2D eigenvalue weighted by Crippen LogP contribution is -2.14. The van der Waals surface area contributed by atoms with Crippen molar-refractivity contribution in [3.63, 3.8) is 0 Å². The lowest BCUT2D eigenvalue weighted by molar-refractivity contribution is -0.116. The van der Waals surface area contributed by atoms with Crippen LogP contribution in [0.25, 0.3) is 0 Å². The minimum absolute atomic E-state index is 0.0843. The standard InChI is InChI=1S/C16H15BrClN5O/c17-13-7-19-22(10-13)6-5-16(24)21-14-8-20-23(11-14)9-12-3-1-2-4-15(12)18/h1-4,7-8,10-11H,5-6,9H2,(H,21,24). The predicted molar refractivity (Wildman–Crippen MR) is 96.0 cm³/mol. The first-order valence-electron chi connectivity index (χ1n) is 7.34. The molecule has 24 heavy (non-hydrogen) atoms. The van der Waals surface area contributed by atoms with Gasteiger partial charge in [0.05, 0.1) is 29.1 Å². The largest absolute Gasteiger partial charge is 0.323 e. The number of carbonyl (C=O) groups excluding carboxylic acids is 1. The summed E-state index contributed by atoms with van der Waals surface area (Å²) < 4.78 is 4.34. The highest BCUT2D eigenvalue weighted by Crippen LogP contribution is 2.17. The molecule has 1 aromatic carbocycles. The van der Waals surface area contributed by atoms with E-state index in [0.29, 0.717) is 30.2 Å². The van der Waals surface area contributed by atoms with Crippen LogP contribution in [0.4, 0.5) is 5.69 Å². The van der Waals surface area contributed by atoms with Crippen molar-refractivity contribution in [1.29, 1.82) is 0 Å². The second-order valence-corrected chi connectivity index (χ2v) is 6.56. The summed E-state index contributed by atoms with van der Waals surface area (Å²) in [6, 6.07) is 7.61. The number of amides is 1. The van der Waals surface area contributed by atoms with Crippen LogP contribution in [-0.4, -0.2) is 25.5 Å². The minimum atomic E-state index is -0.0843. The van der Waals surface area contributed by atoms with Crippen LogP contribution in [0.1, 0.15) is 12.0 Å². The maximum Gasteiger partial charge on any atom is 0.226 e. The van der Waals surface area contributed by atoms with Crippen LogP contribution in [0.3, 0.4) is 0 Å². The van der Waals surface area contributed by atoms with Crippen LogP contribution in [0.5, 0.6) is 0 Å². The van der Waals surface area contributed by atoms with E-state index in [9.17, 15) is 4.79 Å². The second kappa shape index (κ2) is 7.63. The zero-order chi connectivity index (χ0) is 16.9. The van der Waals surface area contributed by atoms with Gasteiger partial charge in [0.2, 0.25) is 5.91 Å². The molecule has 8 heteroatoms. The molecule has 0 radical (unpaired) electrons. The molecule has 1 N–H and O–H groups in total. The molecule has 0 atom stereocenters. The number of anilines is 1. The number of nitrogens with one attached hydrogen (secondary N) is 1. The molecule has 0 aliphatic rings. The van der Waals surface area contributed by atoms with Crippen LogP contribution in [0.15, 0.2) is 53.5 Å². The van der Waals surface area contributed by atoms with E-state index in [1.54, 1.807) is 28.0 Å². The van der Waals surface area contributed by atoms with Crippen molar-refractivity contribution in [1.82, 2.24) is 19.6 Å². The Labute approximate surface area is 152 Å². The number of carbonyl (C=O) groups is 1. The number of aryl methyl sites for hydroxylation is 1. The first-order valence-corrected chi connectivity index (χ1v) is 8.51. The Hall–Kier alpha value is -2.12. The van der Waals surface area contributed by atoms with Gasteiger partial charge in [0.25, 0.3) is 0 Å². The third-order valence-corrected chi connectivity index (χ3v) is 4.16. The highest BCUT2D eigenvalue weighted by Gasteiger charge is 2.07. The van der Waals surface area contributed by atoms with Crippen LogP contribution < -0.4 is 5.32 Å². The van der Waals surface area contributed by atoms with Gasteiger partial charge in [0, 0.05) is 30.4 Å². The zero-order valence-corrected chi connectivity index (χ0v) is 15.0. The number of aromatic nitrogens is 4. The molecule has 0 aliphatic heterocycles. The summed E-state index contributed by atoms with van der Waals surface area (Å²) in [4.78, 5) is 12.0. The molecular formula is C16H15BrClN5O. The van der Waals surface area contributed by atoms with E-state index < -0.39 is 0 Å². The first-order chi connectivity index (χ1) is 11.6. The molecule has 0 saturated carbocycles. The summed E-state index contributed by atoms with van der Waals surface area (Å²) in [5.74, 6) is -0.0843. The molecule has 3 aromatic rings. The molecule has 0 fully saturated rings. The second-order valence-electron chi connectivity index (χ2n) is 5.24. The summed E-state index contributed by atoms with van der Waals surface area (Å²) in [6.45, 7) is 1.07. The molecular weight excluding hydrogens is 394 g/mol.